The predicted octanol–water partition coefficient (Wildman–Crippen LogP) is 1.91. The molecule has 1 atom stereocenters. The van der Waals surface area contributed by atoms with Crippen LogP contribution < -0.4 is 15.4 Å². The van der Waals surface area contributed by atoms with Gasteiger partial charge in [-0.1, -0.05) is 18.1 Å². The molecule has 40 heavy (non-hydrogen) atoms. The Bertz CT molecular complexity index is 1540. The van der Waals surface area contributed by atoms with Crippen LogP contribution in [0.5, 0.6) is 5.75 Å². The van der Waals surface area contributed by atoms with Crippen molar-refractivity contribution in [1.82, 2.24) is 25.3 Å². The Hall–Kier alpha value is -4.58. The Morgan fingerprint density at radius 2 is 1.90 bits per heavy atom. The number of fused-ring (bicyclic) bond motifs is 2. The largest absolute Gasteiger partial charge is 0.497 e. The number of carbonyl (C=O) groups is 3. The molecule has 2 fully saturated rings. The molecule has 12 heteroatoms. The smallest absolute Gasteiger partial charge is 0.322 e. The van der Waals surface area contributed by atoms with Crippen LogP contribution in [0.3, 0.4) is 0 Å². The molecule has 2 saturated heterocycles. The van der Waals surface area contributed by atoms with Gasteiger partial charge < -0.3 is 34.4 Å². The molecular weight excluding hydrogens is 516 g/mol. The molecule has 208 valence electrons. The van der Waals surface area contributed by atoms with Gasteiger partial charge in [-0.3, -0.25) is 14.9 Å². The normalized spacial score (nSPS) is 21.6. The van der Waals surface area contributed by atoms with Gasteiger partial charge in [0.25, 0.3) is 11.8 Å². The molecule has 4 amide bonds. The third-order valence-corrected chi connectivity index (χ3v) is 7.97. The summed E-state index contributed by atoms with van der Waals surface area (Å²) in [6.07, 6.45) is 0. The number of hydrogen-bond donors (Lipinski definition) is 3. The number of urea groups is 1. The molecule has 2 aromatic carbocycles. The highest BCUT2D eigenvalue weighted by Gasteiger charge is 2.53. The average molecular weight is 547 g/mol. The molecule has 6 rings (SSSR count). The third-order valence-electron chi connectivity index (χ3n) is 7.97. The standard InChI is InChI=1S/C28H30N6O6/c1-3-32-8-10-33(11-9-32)24(31-38)17-5-7-22-19(12-17)13-23(40-22)28(26(36)29-27(37)30-28)16-34-15-18-4-6-20(39-2)14-21(18)25(34)35/h4-7,12-14,38H,3,8-11,15-16H2,1-2H3,(H2,29,30,36,37)/b31-24+/t28-/m0/s1. The molecule has 0 aliphatic carbocycles. The molecule has 0 bridgehead atoms. The van der Waals surface area contributed by atoms with E-state index >= 15 is 0 Å². The topological polar surface area (TPSA) is 140 Å². The lowest BCUT2D eigenvalue weighted by Crippen LogP contribution is -2.52. The number of nitrogens with zero attached hydrogens (tertiary/aromatic N) is 4. The van der Waals surface area contributed by atoms with Crippen LogP contribution in [-0.2, 0) is 16.9 Å². The van der Waals surface area contributed by atoms with Crippen molar-refractivity contribution in [3.05, 3.63) is 64.9 Å². The molecule has 1 aromatic heterocycles. The number of imide groups is 1. The molecule has 0 spiro atoms. The number of nitrogens with one attached hydrogen (secondary N) is 2. The van der Waals surface area contributed by atoms with Gasteiger partial charge >= 0.3 is 6.03 Å². The zero-order valence-electron chi connectivity index (χ0n) is 22.3. The van der Waals surface area contributed by atoms with Crippen LogP contribution in [0.4, 0.5) is 4.79 Å². The minimum Gasteiger partial charge on any atom is -0.497 e. The summed E-state index contributed by atoms with van der Waals surface area (Å²) in [6, 6.07) is 11.6. The zero-order chi connectivity index (χ0) is 28.0. The van der Waals surface area contributed by atoms with E-state index in [2.05, 4.69) is 27.6 Å². The van der Waals surface area contributed by atoms with E-state index in [-0.39, 0.29) is 24.8 Å². The van der Waals surface area contributed by atoms with Gasteiger partial charge in [0.15, 0.2) is 11.4 Å². The first-order valence-electron chi connectivity index (χ1n) is 13.2. The Balaban J connectivity index is 1.31. The molecule has 12 nitrogen and oxygen atoms in total. The highest BCUT2D eigenvalue weighted by atomic mass is 16.5. The number of likely N-dealkylation sites (N-methyl/N-ethyl adjacent to an activating group) is 1. The van der Waals surface area contributed by atoms with E-state index in [1.807, 2.05) is 17.0 Å². The predicted molar refractivity (Wildman–Crippen MR) is 144 cm³/mol. The number of ether oxygens (including phenoxy) is 1. The number of benzene rings is 2. The Labute approximate surface area is 230 Å². The van der Waals surface area contributed by atoms with Crippen molar-refractivity contribution in [2.45, 2.75) is 19.0 Å². The minimum absolute atomic E-state index is 0.127. The first kappa shape index (κ1) is 25.7. The van der Waals surface area contributed by atoms with Crippen molar-refractivity contribution >= 4 is 34.7 Å². The van der Waals surface area contributed by atoms with Crippen LogP contribution in [0.2, 0.25) is 0 Å². The first-order chi connectivity index (χ1) is 19.3. The van der Waals surface area contributed by atoms with Crippen molar-refractivity contribution in [2.75, 3.05) is 46.4 Å². The summed E-state index contributed by atoms with van der Waals surface area (Å²) < 4.78 is 11.4. The van der Waals surface area contributed by atoms with Gasteiger partial charge in [-0.15, -0.1) is 0 Å². The Morgan fingerprint density at radius 1 is 1.10 bits per heavy atom. The molecule has 0 radical (unpaired) electrons. The summed E-state index contributed by atoms with van der Waals surface area (Å²) in [7, 11) is 1.53. The Kier molecular flexibility index (Phi) is 6.34. The molecule has 4 heterocycles. The number of piperazine rings is 1. The first-order valence-corrected chi connectivity index (χ1v) is 13.2. The molecule has 0 unspecified atom stereocenters. The zero-order valence-corrected chi connectivity index (χ0v) is 22.3. The van der Waals surface area contributed by atoms with Crippen LogP contribution in [0, 0.1) is 0 Å². The number of methoxy groups -OCH3 is 1. The van der Waals surface area contributed by atoms with Gasteiger partial charge in [0.2, 0.25) is 0 Å². The number of amides is 4. The second-order valence-corrected chi connectivity index (χ2v) is 10.2. The van der Waals surface area contributed by atoms with E-state index in [0.717, 1.165) is 38.3 Å². The molecular formula is C28H30N6O6. The van der Waals surface area contributed by atoms with Crippen molar-refractivity contribution in [1.29, 1.82) is 0 Å². The highest BCUT2D eigenvalue weighted by molar-refractivity contribution is 6.08. The average Bonchev–Trinajstić information content (AvgIpc) is 3.62. The van der Waals surface area contributed by atoms with E-state index in [0.29, 0.717) is 33.7 Å². The number of carbonyl (C=O) groups excluding carboxylic acids is 3. The maximum absolute atomic E-state index is 13.3. The Morgan fingerprint density at radius 3 is 2.58 bits per heavy atom. The fourth-order valence-corrected chi connectivity index (χ4v) is 5.71. The van der Waals surface area contributed by atoms with Crippen LogP contribution >= 0.6 is 0 Å². The lowest BCUT2D eigenvalue weighted by atomic mass is 9.95. The monoisotopic (exact) mass is 546 g/mol. The van der Waals surface area contributed by atoms with Gasteiger partial charge in [0.1, 0.15) is 17.1 Å². The van der Waals surface area contributed by atoms with E-state index in [4.69, 9.17) is 9.15 Å². The lowest BCUT2D eigenvalue weighted by molar-refractivity contribution is -0.125. The second-order valence-electron chi connectivity index (χ2n) is 10.2. The van der Waals surface area contributed by atoms with Gasteiger partial charge in [-0.25, -0.2) is 4.79 Å². The van der Waals surface area contributed by atoms with Gasteiger partial charge in [-0.2, -0.15) is 0 Å². The third kappa shape index (κ3) is 4.20. The highest BCUT2D eigenvalue weighted by Crippen LogP contribution is 2.35. The summed E-state index contributed by atoms with van der Waals surface area (Å²) in [5.74, 6) is 0.333. The summed E-state index contributed by atoms with van der Waals surface area (Å²) in [5.41, 5.74) is 0.850. The van der Waals surface area contributed by atoms with Gasteiger partial charge in [0, 0.05) is 49.2 Å². The number of rotatable bonds is 6. The van der Waals surface area contributed by atoms with Crippen LogP contribution in [-0.4, -0.2) is 90.0 Å². The molecule has 0 saturated carbocycles. The minimum atomic E-state index is -1.62. The summed E-state index contributed by atoms with van der Waals surface area (Å²) in [6.45, 7) is 6.44. The van der Waals surface area contributed by atoms with Crippen molar-refractivity contribution in [3.63, 3.8) is 0 Å². The number of hydrogen-bond acceptors (Lipinski definition) is 8. The van der Waals surface area contributed by atoms with E-state index in [9.17, 15) is 19.6 Å². The SMILES string of the molecule is CCN1CCN(/C(=N/O)c2ccc3oc([C@]4(CN5Cc6ccc(OC)cc6C5=O)NC(=O)NC4=O)cc3c2)CC1. The fourth-order valence-electron chi connectivity index (χ4n) is 5.71. The van der Waals surface area contributed by atoms with Crippen molar-refractivity contribution in [3.8, 4) is 5.75 Å². The molecule has 3 aliphatic rings. The number of furan rings is 1. The maximum Gasteiger partial charge on any atom is 0.322 e. The van der Waals surface area contributed by atoms with Crippen molar-refractivity contribution in [2.24, 2.45) is 5.16 Å². The quantitative estimate of drug-likeness (QED) is 0.140. The van der Waals surface area contributed by atoms with E-state index in [1.54, 1.807) is 30.3 Å². The van der Waals surface area contributed by atoms with Gasteiger partial charge in [0.05, 0.1) is 13.7 Å². The van der Waals surface area contributed by atoms with E-state index in [1.165, 1.54) is 12.0 Å². The lowest BCUT2D eigenvalue weighted by Gasteiger charge is -2.35. The molecule has 3 aliphatic heterocycles. The van der Waals surface area contributed by atoms with Gasteiger partial charge in [-0.05, 0) is 48.5 Å². The number of oxime groups is 1. The summed E-state index contributed by atoms with van der Waals surface area (Å²) in [4.78, 5) is 44.8. The summed E-state index contributed by atoms with van der Waals surface area (Å²) in [5, 5.41) is 19.1. The second kappa shape index (κ2) is 9.87. The van der Waals surface area contributed by atoms with Crippen LogP contribution in [0.25, 0.3) is 11.0 Å². The summed E-state index contributed by atoms with van der Waals surface area (Å²) >= 11 is 0. The number of amidine groups is 1. The molecule has 3 aromatic rings. The van der Waals surface area contributed by atoms with Crippen molar-refractivity contribution < 1.29 is 28.7 Å². The van der Waals surface area contributed by atoms with Crippen LogP contribution in [0.15, 0.2) is 52.0 Å². The maximum atomic E-state index is 13.3. The van der Waals surface area contributed by atoms with Crippen LogP contribution in [0.1, 0.15) is 34.2 Å². The van der Waals surface area contributed by atoms with E-state index < -0.39 is 17.5 Å². The molecule has 3 N–H and O–H groups in total. The fraction of sp³-hybridized carbons (Fsp3) is 0.357.